The fourth-order valence-corrected chi connectivity index (χ4v) is 2.85. The van der Waals surface area contributed by atoms with Crippen LogP contribution in [0.15, 0.2) is 18.2 Å². The van der Waals surface area contributed by atoms with Gasteiger partial charge in [0.05, 0.1) is 13.2 Å². The van der Waals surface area contributed by atoms with Crippen LogP contribution in [0.3, 0.4) is 0 Å². The normalized spacial score (nSPS) is 14.1. The number of urea groups is 1. The van der Waals surface area contributed by atoms with Gasteiger partial charge in [-0.05, 0) is 38.2 Å². The first-order valence-corrected chi connectivity index (χ1v) is 8.66. The van der Waals surface area contributed by atoms with E-state index in [-0.39, 0.29) is 18.6 Å². The van der Waals surface area contributed by atoms with Crippen LogP contribution in [0, 0.1) is 0 Å². The maximum atomic E-state index is 11.8. The number of amides is 2. The van der Waals surface area contributed by atoms with Crippen LogP contribution in [0.4, 0.5) is 4.79 Å². The highest BCUT2D eigenvalue weighted by molar-refractivity contribution is 5.74. The Morgan fingerprint density at radius 2 is 2.00 bits per heavy atom. The Bertz CT molecular complexity index is 585. The van der Waals surface area contributed by atoms with Crippen LogP contribution in [0.1, 0.15) is 44.1 Å². The van der Waals surface area contributed by atoms with Crippen LogP contribution < -0.4 is 20.1 Å². The van der Waals surface area contributed by atoms with Gasteiger partial charge < -0.3 is 25.2 Å². The van der Waals surface area contributed by atoms with E-state index in [0.717, 1.165) is 18.4 Å². The van der Waals surface area contributed by atoms with Crippen LogP contribution in [0.25, 0.3) is 0 Å². The second-order valence-electron chi connectivity index (χ2n) is 6.08. The Morgan fingerprint density at radius 3 is 2.68 bits per heavy atom. The van der Waals surface area contributed by atoms with Gasteiger partial charge in [-0.15, -0.1) is 0 Å². The fourth-order valence-electron chi connectivity index (χ4n) is 2.85. The number of aliphatic carboxylic acids is 1. The zero-order chi connectivity index (χ0) is 18.1. The third-order valence-corrected chi connectivity index (χ3v) is 4.16. The minimum absolute atomic E-state index is 0.0372. The molecule has 2 amide bonds. The number of methoxy groups -OCH3 is 1. The number of nitrogens with one attached hydrogen (secondary N) is 2. The molecule has 7 heteroatoms. The maximum Gasteiger partial charge on any atom is 0.315 e. The van der Waals surface area contributed by atoms with Gasteiger partial charge in [0.1, 0.15) is 0 Å². The highest BCUT2D eigenvalue weighted by atomic mass is 16.5. The molecule has 1 aromatic carbocycles. The SMILES string of the molecule is COc1cccc(CNC(=O)NCCCC(=O)O)c1OC1CCCC1. The molecule has 1 aromatic rings. The number of hydrogen-bond acceptors (Lipinski definition) is 4. The molecular formula is C18H26N2O5. The number of rotatable bonds is 9. The molecule has 1 aliphatic carbocycles. The lowest BCUT2D eigenvalue weighted by atomic mass is 10.1. The molecule has 1 aliphatic rings. The van der Waals surface area contributed by atoms with E-state index in [9.17, 15) is 9.59 Å². The topological polar surface area (TPSA) is 96.9 Å². The van der Waals surface area contributed by atoms with Crippen molar-refractivity contribution in [3.05, 3.63) is 23.8 Å². The van der Waals surface area contributed by atoms with Crippen LogP contribution in [-0.4, -0.2) is 36.9 Å². The van der Waals surface area contributed by atoms with Crippen molar-refractivity contribution < 1.29 is 24.2 Å². The average Bonchev–Trinajstić information content (AvgIpc) is 3.10. The second kappa shape index (κ2) is 9.76. The van der Waals surface area contributed by atoms with Crippen LogP contribution in [0.2, 0.25) is 0 Å². The Balaban J connectivity index is 1.89. The number of hydrogen-bond donors (Lipinski definition) is 3. The molecule has 0 unspecified atom stereocenters. The number of para-hydroxylation sites is 1. The maximum absolute atomic E-state index is 11.8. The van der Waals surface area contributed by atoms with Gasteiger partial charge in [0.25, 0.3) is 0 Å². The van der Waals surface area contributed by atoms with E-state index < -0.39 is 5.97 Å². The predicted molar refractivity (Wildman–Crippen MR) is 93.0 cm³/mol. The zero-order valence-corrected chi connectivity index (χ0v) is 14.5. The van der Waals surface area contributed by atoms with E-state index in [4.69, 9.17) is 14.6 Å². The monoisotopic (exact) mass is 350 g/mol. The van der Waals surface area contributed by atoms with Gasteiger partial charge in [-0.2, -0.15) is 0 Å². The molecule has 3 N–H and O–H groups in total. The highest BCUT2D eigenvalue weighted by Gasteiger charge is 2.20. The third kappa shape index (κ3) is 6.17. The third-order valence-electron chi connectivity index (χ3n) is 4.16. The summed E-state index contributed by atoms with van der Waals surface area (Å²) in [4.78, 5) is 22.3. The summed E-state index contributed by atoms with van der Waals surface area (Å²) in [6, 6.07) is 5.28. The van der Waals surface area contributed by atoms with E-state index in [0.29, 0.717) is 31.0 Å². The molecule has 0 atom stereocenters. The molecule has 7 nitrogen and oxygen atoms in total. The number of carboxylic acids is 1. The molecule has 25 heavy (non-hydrogen) atoms. The van der Waals surface area contributed by atoms with E-state index in [1.54, 1.807) is 7.11 Å². The molecule has 138 valence electrons. The number of carbonyl (C=O) groups excluding carboxylic acids is 1. The van der Waals surface area contributed by atoms with Crippen LogP contribution >= 0.6 is 0 Å². The van der Waals surface area contributed by atoms with E-state index in [1.165, 1.54) is 12.8 Å². The number of benzene rings is 1. The summed E-state index contributed by atoms with van der Waals surface area (Å²) in [5.74, 6) is 0.475. The Hall–Kier alpha value is -2.44. The zero-order valence-electron chi connectivity index (χ0n) is 14.5. The van der Waals surface area contributed by atoms with Crippen molar-refractivity contribution in [2.24, 2.45) is 0 Å². The summed E-state index contributed by atoms with van der Waals surface area (Å²) in [5, 5.41) is 14.0. The molecular weight excluding hydrogens is 324 g/mol. The lowest BCUT2D eigenvalue weighted by Crippen LogP contribution is -2.35. The largest absolute Gasteiger partial charge is 0.493 e. The fraction of sp³-hybridized carbons (Fsp3) is 0.556. The lowest BCUT2D eigenvalue weighted by molar-refractivity contribution is -0.137. The van der Waals surface area contributed by atoms with Gasteiger partial charge in [0, 0.05) is 25.1 Å². The molecule has 1 saturated carbocycles. The average molecular weight is 350 g/mol. The Labute approximate surface area is 147 Å². The van der Waals surface area contributed by atoms with Gasteiger partial charge in [-0.25, -0.2) is 4.79 Å². The number of carbonyl (C=O) groups is 2. The summed E-state index contributed by atoms with van der Waals surface area (Å²) in [6.45, 7) is 0.631. The molecule has 1 fully saturated rings. The van der Waals surface area contributed by atoms with Crippen molar-refractivity contribution in [3.8, 4) is 11.5 Å². The quantitative estimate of drug-likeness (QED) is 0.595. The molecule has 0 heterocycles. The first-order valence-electron chi connectivity index (χ1n) is 8.66. The van der Waals surface area contributed by atoms with Crippen molar-refractivity contribution >= 4 is 12.0 Å². The van der Waals surface area contributed by atoms with Gasteiger partial charge in [0.2, 0.25) is 0 Å². The summed E-state index contributed by atoms with van der Waals surface area (Å²) >= 11 is 0. The summed E-state index contributed by atoms with van der Waals surface area (Å²) < 4.78 is 11.5. The predicted octanol–water partition coefficient (Wildman–Crippen LogP) is 2.68. The van der Waals surface area contributed by atoms with Crippen LogP contribution in [0.5, 0.6) is 11.5 Å². The number of ether oxygens (including phenoxy) is 2. The minimum atomic E-state index is -0.868. The number of carboxylic acid groups (broad SMARTS) is 1. The highest BCUT2D eigenvalue weighted by Crippen LogP contribution is 2.34. The van der Waals surface area contributed by atoms with Crippen molar-refractivity contribution in [2.45, 2.75) is 51.2 Å². The smallest absolute Gasteiger partial charge is 0.315 e. The molecule has 2 rings (SSSR count). The van der Waals surface area contributed by atoms with Crippen LogP contribution in [-0.2, 0) is 11.3 Å². The molecule has 0 aromatic heterocycles. The first kappa shape index (κ1) is 18.9. The van der Waals surface area contributed by atoms with E-state index >= 15 is 0 Å². The van der Waals surface area contributed by atoms with Crippen molar-refractivity contribution in [3.63, 3.8) is 0 Å². The van der Waals surface area contributed by atoms with Crippen molar-refractivity contribution in [1.82, 2.24) is 10.6 Å². The molecule has 0 aliphatic heterocycles. The van der Waals surface area contributed by atoms with Gasteiger partial charge in [-0.1, -0.05) is 12.1 Å². The molecule has 0 saturated heterocycles. The molecule has 0 spiro atoms. The lowest BCUT2D eigenvalue weighted by Gasteiger charge is -2.19. The Morgan fingerprint density at radius 1 is 1.24 bits per heavy atom. The first-order chi connectivity index (χ1) is 12.1. The van der Waals surface area contributed by atoms with Gasteiger partial charge >= 0.3 is 12.0 Å². The Kier molecular flexibility index (Phi) is 7.37. The van der Waals surface area contributed by atoms with Gasteiger partial charge in [-0.3, -0.25) is 4.79 Å². The van der Waals surface area contributed by atoms with E-state index in [1.807, 2.05) is 18.2 Å². The molecule has 0 bridgehead atoms. The van der Waals surface area contributed by atoms with Crippen molar-refractivity contribution in [1.29, 1.82) is 0 Å². The second-order valence-corrected chi connectivity index (χ2v) is 6.08. The van der Waals surface area contributed by atoms with Crippen molar-refractivity contribution in [2.75, 3.05) is 13.7 Å². The molecule has 0 radical (unpaired) electrons. The van der Waals surface area contributed by atoms with E-state index in [2.05, 4.69) is 10.6 Å². The summed E-state index contributed by atoms with van der Waals surface area (Å²) in [5.41, 5.74) is 0.854. The standard InChI is InChI=1S/C18H26N2O5/c1-24-15-9-4-6-13(17(15)25-14-7-2-3-8-14)12-20-18(23)19-11-5-10-16(21)22/h4,6,9,14H,2-3,5,7-8,10-12H2,1H3,(H,21,22)(H2,19,20,23). The minimum Gasteiger partial charge on any atom is -0.493 e. The summed E-state index contributed by atoms with van der Waals surface area (Å²) in [6.07, 6.45) is 5.05. The summed E-state index contributed by atoms with van der Waals surface area (Å²) in [7, 11) is 1.60. The van der Waals surface area contributed by atoms with Gasteiger partial charge in [0.15, 0.2) is 11.5 Å².